The van der Waals surface area contributed by atoms with E-state index in [2.05, 4.69) is 6.92 Å². The first kappa shape index (κ1) is 16.1. The maximum atomic E-state index is 9.24. The third-order valence-corrected chi connectivity index (χ3v) is 0.144. The maximum absolute atomic E-state index is 9.24. The van der Waals surface area contributed by atoms with Crippen LogP contribution in [-0.2, 0) is 0 Å². The summed E-state index contributed by atoms with van der Waals surface area (Å²) in [5.74, 6) is 0. The summed E-state index contributed by atoms with van der Waals surface area (Å²) in [7, 11) is 0. The Hall–Kier alpha value is 3.23. The molecule has 0 bridgehead atoms. The predicted octanol–water partition coefficient (Wildman–Crippen LogP) is -6.42. The molecule has 26 valence electrons. The SMILES string of the molecule is [CH2-]CC[O-].[K+].[K+]. The molecule has 0 rings (SSSR count). The minimum Gasteiger partial charge on any atom is -0.856 e. The Bertz CT molecular complexity index is 10.8. The van der Waals surface area contributed by atoms with Crippen molar-refractivity contribution in [2.24, 2.45) is 0 Å². The van der Waals surface area contributed by atoms with Crippen molar-refractivity contribution in [3.8, 4) is 0 Å². The molecule has 0 N–H and O–H groups in total. The van der Waals surface area contributed by atoms with E-state index in [-0.39, 0.29) is 109 Å². The molecule has 0 fully saturated rings. The van der Waals surface area contributed by atoms with Gasteiger partial charge in [-0.25, -0.2) is 0 Å². The quantitative estimate of drug-likeness (QED) is 0.260. The van der Waals surface area contributed by atoms with Gasteiger partial charge in [0.25, 0.3) is 0 Å². The van der Waals surface area contributed by atoms with Gasteiger partial charge < -0.3 is 12.0 Å². The van der Waals surface area contributed by atoms with E-state index in [1.165, 1.54) is 0 Å². The summed E-state index contributed by atoms with van der Waals surface area (Å²) >= 11 is 0. The summed E-state index contributed by atoms with van der Waals surface area (Å²) in [6.07, 6.45) is 0.514. The molecule has 3 heteroatoms. The van der Waals surface area contributed by atoms with Gasteiger partial charge in [-0.15, -0.1) is 0 Å². The molecule has 0 atom stereocenters. The standard InChI is InChI=1S/C3H6O.2K/c1-2-3-4;;/h1-3H2;;/q-2;2*+1. The Morgan fingerprint density at radius 3 is 1.50 bits per heavy atom. The Morgan fingerprint density at radius 1 is 1.33 bits per heavy atom. The van der Waals surface area contributed by atoms with E-state index >= 15 is 0 Å². The van der Waals surface area contributed by atoms with Gasteiger partial charge in [-0.3, -0.25) is 0 Å². The monoisotopic (exact) mass is 136 g/mol. The molecule has 6 heavy (non-hydrogen) atoms. The van der Waals surface area contributed by atoms with Crippen LogP contribution in [0.1, 0.15) is 6.42 Å². The number of hydrogen-bond donors (Lipinski definition) is 0. The van der Waals surface area contributed by atoms with Gasteiger partial charge in [0, 0.05) is 0 Å². The van der Waals surface area contributed by atoms with E-state index in [0.29, 0.717) is 6.42 Å². The van der Waals surface area contributed by atoms with E-state index < -0.39 is 0 Å². The first-order valence-corrected chi connectivity index (χ1v) is 1.29. The second-order valence-electron chi connectivity index (χ2n) is 0.558. The summed E-state index contributed by atoms with van der Waals surface area (Å²) in [5.41, 5.74) is 0. The van der Waals surface area contributed by atoms with Gasteiger partial charge >= 0.3 is 103 Å². The predicted molar refractivity (Wildman–Crippen MR) is 14.8 cm³/mol. The molecule has 0 aromatic rings. The Morgan fingerprint density at radius 2 is 1.50 bits per heavy atom. The Labute approximate surface area is 124 Å². The van der Waals surface area contributed by atoms with Gasteiger partial charge in [-0.05, 0) is 0 Å². The topological polar surface area (TPSA) is 23.1 Å². The zero-order valence-corrected chi connectivity index (χ0v) is 10.8. The molecule has 0 aliphatic heterocycles. The molecule has 0 aromatic carbocycles. The van der Waals surface area contributed by atoms with Crippen LogP contribution in [0.2, 0.25) is 0 Å². The average Bonchev–Trinajstić information content (AvgIpc) is 1.37. The van der Waals surface area contributed by atoms with Crippen molar-refractivity contribution in [1.29, 1.82) is 0 Å². The first-order valence-electron chi connectivity index (χ1n) is 1.29. The van der Waals surface area contributed by atoms with Crippen molar-refractivity contribution in [3.63, 3.8) is 0 Å². The fraction of sp³-hybridized carbons (Fsp3) is 0.667. The molecule has 0 saturated heterocycles. The van der Waals surface area contributed by atoms with Crippen LogP contribution in [0.15, 0.2) is 0 Å². The van der Waals surface area contributed by atoms with Gasteiger partial charge in [0.15, 0.2) is 0 Å². The van der Waals surface area contributed by atoms with E-state index in [9.17, 15) is 5.11 Å². The van der Waals surface area contributed by atoms with Crippen LogP contribution < -0.4 is 108 Å². The summed E-state index contributed by atoms with van der Waals surface area (Å²) in [5, 5.41) is 9.24. The van der Waals surface area contributed by atoms with Gasteiger partial charge in [0.05, 0.1) is 0 Å². The van der Waals surface area contributed by atoms with E-state index in [0.717, 1.165) is 0 Å². The van der Waals surface area contributed by atoms with Gasteiger partial charge in [0.2, 0.25) is 0 Å². The van der Waals surface area contributed by atoms with Crippen molar-refractivity contribution >= 4 is 0 Å². The third kappa shape index (κ3) is 15.7. The molecule has 0 aromatic heterocycles. The van der Waals surface area contributed by atoms with E-state index in [1.54, 1.807) is 0 Å². The molecule has 0 unspecified atom stereocenters. The zero-order valence-electron chi connectivity index (χ0n) is 4.53. The molecule has 0 radical (unpaired) electrons. The number of hydrogen-bond acceptors (Lipinski definition) is 1. The van der Waals surface area contributed by atoms with Crippen LogP contribution in [0.4, 0.5) is 0 Å². The smallest absolute Gasteiger partial charge is 0.856 e. The van der Waals surface area contributed by atoms with Crippen LogP contribution in [0.5, 0.6) is 0 Å². The minimum atomic E-state index is -0.0417. The van der Waals surface area contributed by atoms with Crippen LogP contribution >= 0.6 is 0 Å². The molecular formula is C3H6K2O. The third-order valence-electron chi connectivity index (χ3n) is 0.144. The van der Waals surface area contributed by atoms with Crippen LogP contribution in [0.25, 0.3) is 0 Å². The summed E-state index contributed by atoms with van der Waals surface area (Å²) in [6, 6.07) is 0. The molecule has 1 nitrogen and oxygen atoms in total. The fourth-order valence-corrected chi connectivity index (χ4v) is 0. The molecule has 0 aliphatic carbocycles. The molecule has 0 amide bonds. The second kappa shape index (κ2) is 15.7. The molecular weight excluding hydrogens is 130 g/mol. The molecule has 0 saturated carbocycles. The van der Waals surface area contributed by atoms with Gasteiger partial charge in [-0.2, -0.15) is 13.0 Å². The average molecular weight is 136 g/mol. The second-order valence-corrected chi connectivity index (χ2v) is 0.558. The van der Waals surface area contributed by atoms with Crippen LogP contribution in [0, 0.1) is 6.92 Å². The van der Waals surface area contributed by atoms with Gasteiger partial charge in [-0.1, -0.05) is 0 Å². The molecule has 0 aliphatic rings. The largest absolute Gasteiger partial charge is 1.00 e. The first-order chi connectivity index (χ1) is 1.91. The fourth-order valence-electron chi connectivity index (χ4n) is 0. The molecule has 0 heterocycles. The van der Waals surface area contributed by atoms with Crippen molar-refractivity contribution < 1.29 is 108 Å². The summed E-state index contributed by atoms with van der Waals surface area (Å²) < 4.78 is 0. The van der Waals surface area contributed by atoms with Crippen LogP contribution in [-0.4, -0.2) is 6.61 Å². The van der Waals surface area contributed by atoms with Crippen molar-refractivity contribution in [2.75, 3.05) is 6.61 Å². The normalized spacial score (nSPS) is 5.00. The Kier molecular flexibility index (Phi) is 42.2. The van der Waals surface area contributed by atoms with Crippen molar-refractivity contribution in [1.82, 2.24) is 0 Å². The van der Waals surface area contributed by atoms with E-state index in [1.807, 2.05) is 0 Å². The number of rotatable bonds is 1. The van der Waals surface area contributed by atoms with Gasteiger partial charge in [0.1, 0.15) is 0 Å². The summed E-state index contributed by atoms with van der Waals surface area (Å²) in [4.78, 5) is 0. The maximum Gasteiger partial charge on any atom is 1.00 e. The van der Waals surface area contributed by atoms with E-state index in [4.69, 9.17) is 0 Å². The van der Waals surface area contributed by atoms with Crippen LogP contribution in [0.3, 0.4) is 0 Å². The summed E-state index contributed by atoms with van der Waals surface area (Å²) in [6.45, 7) is 3.25. The Balaban J connectivity index is -0.0000000450. The zero-order chi connectivity index (χ0) is 3.41. The molecule has 0 spiro atoms. The van der Waals surface area contributed by atoms with Crippen molar-refractivity contribution in [2.45, 2.75) is 6.42 Å². The minimum absolute atomic E-state index is 0. The van der Waals surface area contributed by atoms with Crippen molar-refractivity contribution in [3.05, 3.63) is 6.92 Å².